The van der Waals surface area contributed by atoms with E-state index in [4.69, 9.17) is 5.11 Å². The molecule has 2 amide bonds. The first-order chi connectivity index (χ1) is 10.8. The first-order valence-corrected chi connectivity index (χ1v) is 6.34. The molecule has 0 saturated heterocycles. The number of aromatic hydroxyl groups is 1. The fourth-order valence-corrected chi connectivity index (χ4v) is 1.69. The van der Waals surface area contributed by atoms with Crippen LogP contribution in [-0.2, 0) is 15.8 Å². The number of carbonyl (C=O) groups is 2. The fraction of sp³-hybridized carbons (Fsp3) is 0.0667. The lowest BCUT2D eigenvalue weighted by atomic mass is 10.2. The van der Waals surface area contributed by atoms with E-state index < -0.39 is 23.6 Å². The van der Waals surface area contributed by atoms with Gasteiger partial charge in [0.2, 0.25) is 0 Å². The van der Waals surface area contributed by atoms with Gasteiger partial charge in [-0.3, -0.25) is 9.59 Å². The summed E-state index contributed by atoms with van der Waals surface area (Å²) in [5, 5.41) is 13.4. The second-order valence-electron chi connectivity index (χ2n) is 4.53. The van der Waals surface area contributed by atoms with E-state index in [0.29, 0.717) is 0 Å². The van der Waals surface area contributed by atoms with E-state index in [1.807, 2.05) is 0 Å². The molecule has 3 N–H and O–H groups in total. The Kier molecular flexibility index (Phi) is 4.54. The van der Waals surface area contributed by atoms with E-state index in [9.17, 15) is 22.8 Å². The van der Waals surface area contributed by atoms with Crippen LogP contribution in [0.15, 0.2) is 48.5 Å². The van der Waals surface area contributed by atoms with Crippen LogP contribution in [0.5, 0.6) is 5.75 Å². The molecule has 120 valence electrons. The van der Waals surface area contributed by atoms with Crippen LogP contribution in [0, 0.1) is 0 Å². The van der Waals surface area contributed by atoms with Gasteiger partial charge in [-0.1, -0.05) is 6.07 Å². The Labute approximate surface area is 128 Å². The summed E-state index contributed by atoms with van der Waals surface area (Å²) in [7, 11) is 0. The van der Waals surface area contributed by atoms with Crippen molar-refractivity contribution in [3.63, 3.8) is 0 Å². The molecule has 0 heterocycles. The number of halogens is 3. The molecule has 0 saturated carbocycles. The smallest absolute Gasteiger partial charge is 0.416 e. The molecular weight excluding hydrogens is 313 g/mol. The number of hydrogen-bond donors (Lipinski definition) is 3. The molecular formula is C15H11F3N2O3. The largest absolute Gasteiger partial charge is 0.508 e. The van der Waals surface area contributed by atoms with Crippen LogP contribution < -0.4 is 10.6 Å². The summed E-state index contributed by atoms with van der Waals surface area (Å²) >= 11 is 0. The number of phenolic OH excluding ortho intramolecular Hbond substituents is 1. The van der Waals surface area contributed by atoms with E-state index in [1.54, 1.807) is 0 Å². The second kappa shape index (κ2) is 6.39. The van der Waals surface area contributed by atoms with E-state index in [-0.39, 0.29) is 17.1 Å². The van der Waals surface area contributed by atoms with Gasteiger partial charge >= 0.3 is 18.0 Å². The fourth-order valence-electron chi connectivity index (χ4n) is 1.69. The van der Waals surface area contributed by atoms with Crippen LogP contribution in [-0.4, -0.2) is 16.9 Å². The van der Waals surface area contributed by atoms with Crippen LogP contribution in [0.3, 0.4) is 0 Å². The molecule has 0 aliphatic carbocycles. The van der Waals surface area contributed by atoms with Gasteiger partial charge in [-0.2, -0.15) is 13.2 Å². The van der Waals surface area contributed by atoms with Crippen molar-refractivity contribution < 1.29 is 27.9 Å². The van der Waals surface area contributed by atoms with Crippen molar-refractivity contribution in [2.75, 3.05) is 10.6 Å². The summed E-state index contributed by atoms with van der Waals surface area (Å²) in [5.74, 6) is -2.18. The van der Waals surface area contributed by atoms with Gasteiger partial charge in [-0.25, -0.2) is 0 Å². The monoisotopic (exact) mass is 324 g/mol. The van der Waals surface area contributed by atoms with E-state index in [2.05, 4.69) is 10.6 Å². The van der Waals surface area contributed by atoms with Crippen molar-refractivity contribution in [2.45, 2.75) is 6.18 Å². The topological polar surface area (TPSA) is 78.4 Å². The maximum atomic E-state index is 12.6. The Hall–Kier alpha value is -3.03. The van der Waals surface area contributed by atoms with E-state index in [1.165, 1.54) is 30.3 Å². The minimum atomic E-state index is -4.55. The quantitative estimate of drug-likeness (QED) is 0.587. The number of alkyl halides is 3. The molecule has 0 aliphatic rings. The minimum absolute atomic E-state index is 0.0172. The zero-order chi connectivity index (χ0) is 17.0. The molecule has 0 fully saturated rings. The Morgan fingerprint density at radius 2 is 1.43 bits per heavy atom. The highest BCUT2D eigenvalue weighted by Gasteiger charge is 2.30. The highest BCUT2D eigenvalue weighted by atomic mass is 19.4. The van der Waals surface area contributed by atoms with E-state index >= 15 is 0 Å². The lowest BCUT2D eigenvalue weighted by Gasteiger charge is -2.10. The third-order valence-corrected chi connectivity index (χ3v) is 2.78. The standard InChI is InChI=1S/C15H11F3N2O3/c16-15(17,18)9-2-1-3-11(8-9)20-14(23)13(22)19-10-4-6-12(21)7-5-10/h1-8,21H,(H,19,22)(H,20,23). The third kappa shape index (κ3) is 4.47. The summed E-state index contributed by atoms with van der Waals surface area (Å²) in [5.41, 5.74) is -0.827. The molecule has 0 spiro atoms. The van der Waals surface area contributed by atoms with Crippen molar-refractivity contribution in [1.82, 2.24) is 0 Å². The molecule has 0 aromatic heterocycles. The molecule has 5 nitrogen and oxygen atoms in total. The number of anilines is 2. The minimum Gasteiger partial charge on any atom is -0.508 e. The third-order valence-electron chi connectivity index (χ3n) is 2.78. The van der Waals surface area contributed by atoms with Crippen LogP contribution >= 0.6 is 0 Å². The van der Waals surface area contributed by atoms with Gasteiger partial charge in [-0.05, 0) is 42.5 Å². The zero-order valence-electron chi connectivity index (χ0n) is 11.5. The van der Waals surface area contributed by atoms with Crippen molar-refractivity contribution in [3.05, 3.63) is 54.1 Å². The summed E-state index contributed by atoms with van der Waals surface area (Å²) in [6.07, 6.45) is -4.55. The highest BCUT2D eigenvalue weighted by molar-refractivity contribution is 6.43. The van der Waals surface area contributed by atoms with Crippen LogP contribution in [0.1, 0.15) is 5.56 Å². The average molecular weight is 324 g/mol. The number of nitrogens with one attached hydrogen (secondary N) is 2. The van der Waals surface area contributed by atoms with Gasteiger partial charge < -0.3 is 15.7 Å². The number of carbonyl (C=O) groups excluding carboxylic acids is 2. The number of rotatable bonds is 2. The number of benzene rings is 2. The SMILES string of the molecule is O=C(Nc1ccc(O)cc1)C(=O)Nc1cccc(C(F)(F)F)c1. The van der Waals surface area contributed by atoms with Gasteiger partial charge in [-0.15, -0.1) is 0 Å². The predicted molar refractivity (Wildman–Crippen MR) is 76.8 cm³/mol. The lowest BCUT2D eigenvalue weighted by molar-refractivity contribution is -0.137. The molecule has 0 aliphatic heterocycles. The maximum Gasteiger partial charge on any atom is 0.416 e. The zero-order valence-corrected chi connectivity index (χ0v) is 11.5. The van der Waals surface area contributed by atoms with Gasteiger partial charge in [0.25, 0.3) is 0 Å². The summed E-state index contributed by atoms with van der Waals surface area (Å²) in [4.78, 5) is 23.4. The molecule has 0 atom stereocenters. The molecule has 0 unspecified atom stereocenters. The van der Waals surface area contributed by atoms with Crippen LogP contribution in [0.25, 0.3) is 0 Å². The summed E-state index contributed by atoms with van der Waals surface area (Å²) < 4.78 is 37.7. The molecule has 0 radical (unpaired) electrons. The van der Waals surface area contributed by atoms with Crippen LogP contribution in [0.2, 0.25) is 0 Å². The van der Waals surface area contributed by atoms with Gasteiger partial charge in [0, 0.05) is 11.4 Å². The van der Waals surface area contributed by atoms with Crippen molar-refractivity contribution in [1.29, 1.82) is 0 Å². The normalized spacial score (nSPS) is 10.9. The highest BCUT2D eigenvalue weighted by Crippen LogP contribution is 2.30. The Morgan fingerprint density at radius 3 is 2.00 bits per heavy atom. The summed E-state index contributed by atoms with van der Waals surface area (Å²) in [6.45, 7) is 0. The first-order valence-electron chi connectivity index (χ1n) is 6.34. The molecule has 2 aromatic carbocycles. The Bertz CT molecular complexity index is 727. The van der Waals surface area contributed by atoms with Gasteiger partial charge in [0.1, 0.15) is 5.75 Å². The van der Waals surface area contributed by atoms with Crippen molar-refractivity contribution >= 4 is 23.2 Å². The van der Waals surface area contributed by atoms with Crippen molar-refractivity contribution in [2.24, 2.45) is 0 Å². The first kappa shape index (κ1) is 16.3. The predicted octanol–water partition coefficient (Wildman–Crippen LogP) is 2.99. The maximum absolute atomic E-state index is 12.6. The number of amides is 2. The molecule has 23 heavy (non-hydrogen) atoms. The summed E-state index contributed by atoms with van der Waals surface area (Å²) in [6, 6.07) is 9.28. The van der Waals surface area contributed by atoms with Gasteiger partial charge in [0.15, 0.2) is 0 Å². The second-order valence-corrected chi connectivity index (χ2v) is 4.53. The molecule has 8 heteroatoms. The number of hydrogen-bond acceptors (Lipinski definition) is 3. The molecule has 2 aromatic rings. The van der Waals surface area contributed by atoms with Gasteiger partial charge in [0.05, 0.1) is 5.56 Å². The van der Waals surface area contributed by atoms with Crippen molar-refractivity contribution in [3.8, 4) is 5.75 Å². The molecule has 0 bridgehead atoms. The average Bonchev–Trinajstić information content (AvgIpc) is 2.49. The Balaban J connectivity index is 2.04. The van der Waals surface area contributed by atoms with E-state index in [0.717, 1.165) is 18.2 Å². The number of phenols is 1. The molecule has 2 rings (SSSR count). The lowest BCUT2D eigenvalue weighted by Crippen LogP contribution is -2.29. The Morgan fingerprint density at radius 1 is 0.870 bits per heavy atom. The van der Waals surface area contributed by atoms with Crippen LogP contribution in [0.4, 0.5) is 24.5 Å².